The summed E-state index contributed by atoms with van der Waals surface area (Å²) in [6.45, 7) is 9.40. The SMILES string of the molecule is CC1(C)c2ccccc2-c2ccc(-c3cc4nc(-c5ccccc5)c(-c5ccc(-c6ccc(-c7nnc(-c8ccccc8)o7)cc6)cc5)nc4cc3-c3ccc4c(c3)C(C)(C)c3ccccc3-4)cc21. The second-order valence-corrected chi connectivity index (χ2v) is 19.5. The Hall–Kier alpha value is -8.54. The minimum absolute atomic E-state index is 0.140. The molecule has 2 aliphatic carbocycles. The Balaban J connectivity index is 0.935. The molecule has 2 aliphatic rings. The van der Waals surface area contributed by atoms with Crippen molar-refractivity contribution in [3.8, 4) is 101 Å². The van der Waals surface area contributed by atoms with Crippen molar-refractivity contribution in [2.24, 2.45) is 0 Å². The Labute approximate surface area is 401 Å². The molecule has 0 amide bonds. The van der Waals surface area contributed by atoms with Crippen LogP contribution in [0.15, 0.2) is 211 Å². The Kier molecular flexibility index (Phi) is 9.15. The van der Waals surface area contributed by atoms with Gasteiger partial charge in [-0.3, -0.25) is 0 Å². The van der Waals surface area contributed by atoms with E-state index in [1.807, 2.05) is 48.5 Å². The van der Waals surface area contributed by atoms with Crippen molar-refractivity contribution in [3.05, 3.63) is 229 Å². The predicted octanol–water partition coefficient (Wildman–Crippen LogP) is 16.3. The van der Waals surface area contributed by atoms with Crippen LogP contribution in [0.2, 0.25) is 0 Å². The smallest absolute Gasteiger partial charge is 0.248 e. The zero-order valence-corrected chi connectivity index (χ0v) is 38.8. The van der Waals surface area contributed by atoms with Crippen LogP contribution in [0.4, 0.5) is 0 Å². The first-order chi connectivity index (χ1) is 33.7. The van der Waals surface area contributed by atoms with Gasteiger partial charge >= 0.3 is 0 Å². The number of rotatable bonds is 7. The first kappa shape index (κ1) is 40.7. The van der Waals surface area contributed by atoms with Crippen LogP contribution < -0.4 is 0 Å². The summed E-state index contributed by atoms with van der Waals surface area (Å²) < 4.78 is 6.04. The number of aromatic nitrogens is 4. The Morgan fingerprint density at radius 2 is 0.638 bits per heavy atom. The molecule has 0 bridgehead atoms. The summed E-state index contributed by atoms with van der Waals surface area (Å²) >= 11 is 0. The van der Waals surface area contributed by atoms with E-state index in [0.29, 0.717) is 11.8 Å². The van der Waals surface area contributed by atoms with Crippen LogP contribution >= 0.6 is 0 Å². The second kappa shape index (κ2) is 15.5. The normalized spacial score (nSPS) is 13.7. The summed E-state index contributed by atoms with van der Waals surface area (Å²) in [6, 6.07) is 73.6. The lowest BCUT2D eigenvalue weighted by molar-refractivity contribution is 0.584. The zero-order valence-electron chi connectivity index (χ0n) is 38.8. The lowest BCUT2D eigenvalue weighted by Crippen LogP contribution is -2.15. The van der Waals surface area contributed by atoms with Gasteiger partial charge in [-0.25, -0.2) is 9.97 Å². The van der Waals surface area contributed by atoms with Crippen LogP contribution in [0.25, 0.3) is 112 Å². The molecule has 0 saturated heterocycles. The fourth-order valence-corrected chi connectivity index (χ4v) is 11.0. The van der Waals surface area contributed by atoms with Crippen LogP contribution in [-0.4, -0.2) is 20.2 Å². The molecule has 0 atom stereocenters. The van der Waals surface area contributed by atoms with Crippen LogP contribution in [0.3, 0.4) is 0 Å². The highest BCUT2D eigenvalue weighted by Crippen LogP contribution is 2.52. The van der Waals surface area contributed by atoms with Crippen molar-refractivity contribution >= 4 is 11.0 Å². The summed E-state index contributed by atoms with van der Waals surface area (Å²) in [7, 11) is 0. The van der Waals surface area contributed by atoms with Gasteiger partial charge in [-0.05, 0) is 126 Å². The molecule has 11 aromatic rings. The minimum atomic E-state index is -0.144. The van der Waals surface area contributed by atoms with E-state index in [1.54, 1.807) is 0 Å². The topological polar surface area (TPSA) is 64.7 Å². The van der Waals surface area contributed by atoms with E-state index in [1.165, 1.54) is 50.1 Å². The van der Waals surface area contributed by atoms with Gasteiger partial charge in [0.1, 0.15) is 0 Å². The van der Waals surface area contributed by atoms with Crippen LogP contribution in [-0.2, 0) is 10.8 Å². The van der Waals surface area contributed by atoms with Crippen molar-refractivity contribution in [2.45, 2.75) is 38.5 Å². The van der Waals surface area contributed by atoms with E-state index in [4.69, 9.17) is 14.4 Å². The average molecular weight is 887 g/mol. The van der Waals surface area contributed by atoms with E-state index < -0.39 is 0 Å². The third kappa shape index (κ3) is 6.60. The summed E-state index contributed by atoms with van der Waals surface area (Å²) in [6.07, 6.45) is 0. The molecule has 5 heteroatoms. The number of hydrogen-bond donors (Lipinski definition) is 0. The molecule has 0 spiro atoms. The number of fused-ring (bicyclic) bond motifs is 7. The number of nitrogens with zero attached hydrogens (tertiary/aromatic N) is 4. The van der Waals surface area contributed by atoms with Crippen LogP contribution in [0.1, 0.15) is 49.9 Å². The highest BCUT2D eigenvalue weighted by Gasteiger charge is 2.37. The summed E-state index contributed by atoms with van der Waals surface area (Å²) in [5.74, 6) is 0.990. The maximum absolute atomic E-state index is 6.04. The lowest BCUT2D eigenvalue weighted by Gasteiger charge is -2.23. The first-order valence-corrected chi connectivity index (χ1v) is 23.7. The fourth-order valence-electron chi connectivity index (χ4n) is 11.0. The summed E-state index contributed by atoms with van der Waals surface area (Å²) in [5, 5.41) is 8.62. The molecule has 5 nitrogen and oxygen atoms in total. The van der Waals surface area contributed by atoms with Gasteiger partial charge in [0.05, 0.1) is 22.4 Å². The molecule has 0 aliphatic heterocycles. The van der Waals surface area contributed by atoms with Gasteiger partial charge in [0.15, 0.2) is 0 Å². The maximum atomic E-state index is 6.04. The fraction of sp³-hybridized carbons (Fsp3) is 0.0938. The largest absolute Gasteiger partial charge is 0.416 e. The van der Waals surface area contributed by atoms with Crippen LogP contribution in [0, 0.1) is 0 Å². The number of benzene rings is 9. The Morgan fingerprint density at radius 1 is 0.290 bits per heavy atom. The maximum Gasteiger partial charge on any atom is 0.248 e. The molecule has 13 rings (SSSR count). The highest BCUT2D eigenvalue weighted by atomic mass is 16.4. The first-order valence-electron chi connectivity index (χ1n) is 23.7. The van der Waals surface area contributed by atoms with Gasteiger partial charge in [-0.2, -0.15) is 0 Å². The van der Waals surface area contributed by atoms with Crippen molar-refractivity contribution in [2.75, 3.05) is 0 Å². The molecule has 2 heterocycles. The zero-order chi connectivity index (χ0) is 46.4. The number of hydrogen-bond acceptors (Lipinski definition) is 5. The van der Waals surface area contributed by atoms with Crippen molar-refractivity contribution in [3.63, 3.8) is 0 Å². The molecule has 9 aromatic carbocycles. The van der Waals surface area contributed by atoms with Gasteiger partial charge in [0, 0.05) is 33.1 Å². The molecular formula is C64H46N4O. The van der Waals surface area contributed by atoms with E-state index in [-0.39, 0.29) is 10.8 Å². The molecule has 2 aromatic heterocycles. The molecule has 0 saturated carbocycles. The van der Waals surface area contributed by atoms with Gasteiger partial charge < -0.3 is 4.42 Å². The van der Waals surface area contributed by atoms with Crippen molar-refractivity contribution in [1.29, 1.82) is 0 Å². The third-order valence-electron chi connectivity index (χ3n) is 14.7. The average Bonchev–Trinajstić information content (AvgIpc) is 4.06. The summed E-state index contributed by atoms with van der Waals surface area (Å²) in [5.41, 5.74) is 24.3. The molecular weight excluding hydrogens is 841 g/mol. The van der Waals surface area contributed by atoms with Gasteiger partial charge in [-0.1, -0.05) is 185 Å². The highest BCUT2D eigenvalue weighted by molar-refractivity contribution is 5.98. The molecule has 0 N–H and O–H groups in total. The Bertz CT molecular complexity index is 3810. The Morgan fingerprint density at radius 3 is 1.12 bits per heavy atom. The van der Waals surface area contributed by atoms with Crippen molar-refractivity contribution < 1.29 is 4.42 Å². The van der Waals surface area contributed by atoms with Gasteiger partial charge in [-0.15, -0.1) is 10.2 Å². The lowest BCUT2D eigenvalue weighted by atomic mass is 9.80. The van der Waals surface area contributed by atoms with E-state index >= 15 is 0 Å². The van der Waals surface area contributed by atoms with Crippen molar-refractivity contribution in [1.82, 2.24) is 20.2 Å². The third-order valence-corrected chi connectivity index (χ3v) is 14.7. The van der Waals surface area contributed by atoms with E-state index in [0.717, 1.165) is 72.5 Å². The predicted molar refractivity (Wildman–Crippen MR) is 281 cm³/mol. The van der Waals surface area contributed by atoms with E-state index in [9.17, 15) is 0 Å². The molecule has 0 radical (unpaired) electrons. The standard InChI is InChI=1S/C64H46N4O/c1-63(2)53-21-13-11-19-47(53)49-33-31-45(35-55(49)63)51-37-57-58(38-52(51)46-32-34-50-48-20-12-14-22-54(48)64(3,4)56(50)36-46)66-60(59(65-57)41-15-7-5-8-16-41)42-27-23-39(24-28-42)40-25-29-44(30-26-40)62-68-67-61(69-62)43-17-9-6-10-18-43/h5-38H,1-4H3. The minimum Gasteiger partial charge on any atom is -0.416 e. The van der Waals surface area contributed by atoms with E-state index in [2.05, 4.69) is 196 Å². The molecule has 328 valence electrons. The van der Waals surface area contributed by atoms with Gasteiger partial charge in [0.2, 0.25) is 11.8 Å². The monoisotopic (exact) mass is 886 g/mol. The quantitative estimate of drug-likeness (QED) is 0.160. The molecule has 0 fully saturated rings. The van der Waals surface area contributed by atoms with Crippen LogP contribution in [0.5, 0.6) is 0 Å². The molecule has 69 heavy (non-hydrogen) atoms. The second-order valence-electron chi connectivity index (χ2n) is 19.5. The molecule has 0 unspecified atom stereocenters. The summed E-state index contributed by atoms with van der Waals surface area (Å²) in [4.78, 5) is 11.1. The van der Waals surface area contributed by atoms with Gasteiger partial charge in [0.25, 0.3) is 0 Å².